The quantitative estimate of drug-likeness (QED) is 0.231. The van der Waals surface area contributed by atoms with Crippen LogP contribution < -0.4 is 9.80 Å². The van der Waals surface area contributed by atoms with E-state index in [0.717, 1.165) is 28.1 Å². The number of nitrogens with zero attached hydrogens (tertiary/aromatic N) is 5. The lowest BCUT2D eigenvalue weighted by molar-refractivity contribution is -0.146. The van der Waals surface area contributed by atoms with Crippen LogP contribution in [0.5, 0.6) is 0 Å². The van der Waals surface area contributed by atoms with Gasteiger partial charge in [-0.2, -0.15) is 0 Å². The molecular weight excluding hydrogens is 627 g/mol. The normalized spacial score (nSPS) is 24.4. The van der Waals surface area contributed by atoms with Crippen molar-refractivity contribution in [1.29, 1.82) is 0 Å². The first kappa shape index (κ1) is 32.2. The number of aryl methyl sites for hydroxylation is 1. The van der Waals surface area contributed by atoms with E-state index in [0.29, 0.717) is 38.4 Å². The molecule has 2 amide bonds. The molecule has 12 heteroatoms. The Balaban J connectivity index is 1.15. The average molecular weight is 668 g/mol. The third kappa shape index (κ3) is 5.52. The first-order valence-electron chi connectivity index (χ1n) is 16.5. The van der Waals surface area contributed by atoms with E-state index in [1.54, 1.807) is 14.5 Å². The van der Waals surface area contributed by atoms with Crippen molar-refractivity contribution in [1.82, 2.24) is 15.0 Å². The SMILES string of the molecule is C[C@@H]1[C@@H]([Si](C)(C)O)[C@H](CCn2cc(C(CO)c3ccccc3)nn2)O[C@@]12C(=O)N(Cc1cccc(N3CCOC3=O)c1)c1ccccc12. The summed E-state index contributed by atoms with van der Waals surface area (Å²) in [6.07, 6.45) is 1.60. The summed E-state index contributed by atoms with van der Waals surface area (Å²) in [5.41, 5.74) is 3.36. The molecule has 0 bridgehead atoms. The minimum Gasteiger partial charge on any atom is -0.447 e. The van der Waals surface area contributed by atoms with Gasteiger partial charge in [0.15, 0.2) is 13.9 Å². The molecule has 3 aliphatic rings. The first-order chi connectivity index (χ1) is 23.1. The minimum absolute atomic E-state index is 0.0893. The topological polar surface area (TPSA) is 130 Å². The molecule has 2 N–H and O–H groups in total. The van der Waals surface area contributed by atoms with E-state index in [4.69, 9.17) is 9.47 Å². The molecule has 3 aromatic carbocycles. The Morgan fingerprint density at radius 2 is 1.81 bits per heavy atom. The van der Waals surface area contributed by atoms with E-state index in [9.17, 15) is 19.5 Å². The van der Waals surface area contributed by atoms with Gasteiger partial charge < -0.3 is 24.3 Å². The van der Waals surface area contributed by atoms with E-state index >= 15 is 0 Å². The van der Waals surface area contributed by atoms with Crippen molar-refractivity contribution in [3.8, 4) is 0 Å². The largest absolute Gasteiger partial charge is 0.447 e. The maximum atomic E-state index is 14.7. The highest BCUT2D eigenvalue weighted by Gasteiger charge is 2.66. The molecule has 0 aliphatic carbocycles. The van der Waals surface area contributed by atoms with Crippen LogP contribution in [0.15, 0.2) is 85.1 Å². The number of aliphatic hydroxyl groups is 1. The number of anilines is 2. The fraction of sp³-hybridized carbons (Fsp3) is 0.389. The highest BCUT2D eigenvalue weighted by molar-refractivity contribution is 6.71. The number of rotatable bonds is 10. The second-order valence-electron chi connectivity index (χ2n) is 13.5. The Morgan fingerprint density at radius 1 is 1.04 bits per heavy atom. The predicted octanol–water partition coefficient (Wildman–Crippen LogP) is 4.79. The monoisotopic (exact) mass is 667 g/mol. The van der Waals surface area contributed by atoms with Gasteiger partial charge >= 0.3 is 6.09 Å². The third-order valence-corrected chi connectivity index (χ3v) is 12.7. The number of fused-ring (bicyclic) bond motifs is 2. The lowest BCUT2D eigenvalue weighted by Crippen LogP contribution is -2.46. The Hall–Kier alpha value is -4.36. The smallest absolute Gasteiger partial charge is 0.414 e. The van der Waals surface area contributed by atoms with E-state index in [-0.39, 0.29) is 36.0 Å². The Labute approximate surface area is 280 Å². The molecular formula is C36H41N5O6Si. The van der Waals surface area contributed by atoms with Gasteiger partial charge in [0.05, 0.1) is 43.1 Å². The molecule has 1 unspecified atom stereocenters. The number of amides is 2. The maximum absolute atomic E-state index is 14.7. The molecule has 2 fully saturated rings. The number of carbonyl (C=O) groups excluding carboxylic acids is 2. The Kier molecular flexibility index (Phi) is 8.44. The number of hydrogen-bond acceptors (Lipinski definition) is 8. The van der Waals surface area contributed by atoms with E-state index in [1.165, 1.54) is 0 Å². The number of para-hydroxylation sites is 1. The second-order valence-corrected chi connectivity index (χ2v) is 17.5. The Bertz CT molecular complexity index is 1810. The summed E-state index contributed by atoms with van der Waals surface area (Å²) in [7, 11) is -2.84. The van der Waals surface area contributed by atoms with Crippen LogP contribution in [0.4, 0.5) is 16.2 Å². The summed E-state index contributed by atoms with van der Waals surface area (Å²) in [4.78, 5) is 42.0. The molecule has 3 aliphatic heterocycles. The van der Waals surface area contributed by atoms with Crippen LogP contribution in [-0.2, 0) is 33.0 Å². The number of benzene rings is 3. The number of ether oxygens (including phenoxy) is 2. The molecule has 0 saturated carbocycles. The summed E-state index contributed by atoms with van der Waals surface area (Å²) in [6, 6.07) is 25.1. The lowest BCUT2D eigenvalue weighted by atomic mass is 9.82. The van der Waals surface area contributed by atoms with Crippen molar-refractivity contribution >= 4 is 31.7 Å². The highest BCUT2D eigenvalue weighted by atomic mass is 28.4. The molecule has 4 heterocycles. The van der Waals surface area contributed by atoms with Gasteiger partial charge in [-0.3, -0.25) is 14.4 Å². The summed E-state index contributed by atoms with van der Waals surface area (Å²) in [5, 5.41) is 18.9. The van der Waals surface area contributed by atoms with Gasteiger partial charge in [-0.1, -0.05) is 72.8 Å². The van der Waals surface area contributed by atoms with Crippen LogP contribution >= 0.6 is 0 Å². The predicted molar refractivity (Wildman–Crippen MR) is 182 cm³/mol. The fourth-order valence-corrected chi connectivity index (χ4v) is 10.6. The van der Waals surface area contributed by atoms with E-state index in [2.05, 4.69) is 10.3 Å². The van der Waals surface area contributed by atoms with Crippen LogP contribution in [0.3, 0.4) is 0 Å². The standard InChI is InChI=1S/C36H41N5O6Si/c1-24-33(48(2,3)45)32(16-17-39-22-30(37-38-39)28(23-42)26-11-5-4-6-12-26)47-36(24)29-14-7-8-15-31(29)41(34(36)43)21-25-10-9-13-27(20-25)40-18-19-46-35(40)44/h4-15,20,22,24,28,32-33,42,45H,16-19,21,23H2,1-3H3/t24-,28?,32+,33-,36+/m1/s1. The van der Waals surface area contributed by atoms with Crippen molar-refractivity contribution in [3.63, 3.8) is 0 Å². The second kappa shape index (κ2) is 12.6. The molecule has 5 atom stereocenters. The molecule has 1 aromatic heterocycles. The number of aliphatic hydroxyl groups excluding tert-OH is 1. The molecule has 2 saturated heterocycles. The number of carbonyl (C=O) groups is 2. The maximum Gasteiger partial charge on any atom is 0.414 e. The summed E-state index contributed by atoms with van der Waals surface area (Å²) < 4.78 is 13.9. The summed E-state index contributed by atoms with van der Waals surface area (Å²) in [5.74, 6) is -0.725. The molecule has 11 nitrogen and oxygen atoms in total. The van der Waals surface area contributed by atoms with E-state index < -0.39 is 20.0 Å². The molecule has 250 valence electrons. The van der Waals surface area contributed by atoms with Crippen LogP contribution in [0.1, 0.15) is 41.6 Å². The summed E-state index contributed by atoms with van der Waals surface area (Å²) >= 11 is 0. The van der Waals surface area contributed by atoms with E-state index in [1.807, 2.05) is 105 Å². The lowest BCUT2D eigenvalue weighted by Gasteiger charge is -2.32. The zero-order valence-corrected chi connectivity index (χ0v) is 28.4. The van der Waals surface area contributed by atoms with Gasteiger partial charge in [-0.05, 0) is 48.8 Å². The number of hydrogen-bond donors (Lipinski definition) is 2. The zero-order chi connectivity index (χ0) is 33.6. The third-order valence-electron chi connectivity index (χ3n) is 10.2. The first-order valence-corrected chi connectivity index (χ1v) is 19.5. The average Bonchev–Trinajstić information content (AvgIpc) is 3.84. The van der Waals surface area contributed by atoms with Crippen molar-refractivity contribution < 1.29 is 29.0 Å². The Morgan fingerprint density at radius 3 is 2.54 bits per heavy atom. The van der Waals surface area contributed by atoms with Gasteiger partial charge in [0, 0.05) is 35.5 Å². The van der Waals surface area contributed by atoms with Crippen LogP contribution in [-0.4, -0.2) is 71.1 Å². The molecule has 7 rings (SSSR count). The zero-order valence-electron chi connectivity index (χ0n) is 27.4. The summed E-state index contributed by atoms with van der Waals surface area (Å²) in [6.45, 7) is 7.38. The van der Waals surface area contributed by atoms with Crippen molar-refractivity contribution in [3.05, 3.63) is 107 Å². The fourth-order valence-electron chi connectivity index (χ4n) is 7.99. The van der Waals surface area contributed by atoms with Crippen molar-refractivity contribution in [2.24, 2.45) is 5.92 Å². The van der Waals surface area contributed by atoms with Gasteiger partial charge in [-0.15, -0.1) is 5.10 Å². The highest BCUT2D eigenvalue weighted by Crippen LogP contribution is 2.59. The van der Waals surface area contributed by atoms with Crippen molar-refractivity contribution in [2.75, 3.05) is 29.6 Å². The minimum atomic E-state index is -2.84. The molecule has 1 spiro atoms. The van der Waals surface area contributed by atoms with Crippen molar-refractivity contribution in [2.45, 2.75) is 62.7 Å². The van der Waals surface area contributed by atoms with Gasteiger partial charge in [-0.25, -0.2) is 4.79 Å². The van der Waals surface area contributed by atoms with Gasteiger partial charge in [0.2, 0.25) is 0 Å². The van der Waals surface area contributed by atoms with Gasteiger partial charge in [0.1, 0.15) is 6.61 Å². The number of cyclic esters (lactones) is 1. The molecule has 4 aromatic rings. The van der Waals surface area contributed by atoms with Gasteiger partial charge in [0.25, 0.3) is 5.91 Å². The molecule has 48 heavy (non-hydrogen) atoms. The number of aromatic nitrogens is 3. The van der Waals surface area contributed by atoms with Crippen LogP contribution in [0.2, 0.25) is 18.6 Å². The molecule has 0 radical (unpaired) electrons. The van der Waals surface area contributed by atoms with Crippen LogP contribution in [0, 0.1) is 5.92 Å². The van der Waals surface area contributed by atoms with Crippen LogP contribution in [0.25, 0.3) is 0 Å².